The summed E-state index contributed by atoms with van der Waals surface area (Å²) in [5.41, 5.74) is 0.876. The number of halogens is 1. The number of hydrogen-bond donors (Lipinski definition) is 1. The molecule has 0 spiro atoms. The third kappa shape index (κ3) is 3.71. The van der Waals surface area contributed by atoms with Crippen molar-refractivity contribution in [2.75, 3.05) is 25.0 Å². The van der Waals surface area contributed by atoms with E-state index in [0.29, 0.717) is 13.0 Å². The van der Waals surface area contributed by atoms with Crippen LogP contribution in [0.3, 0.4) is 0 Å². The normalized spacial score (nSPS) is 18.8. The molecule has 0 saturated carbocycles. The van der Waals surface area contributed by atoms with Gasteiger partial charge in [-0.05, 0) is 32.0 Å². The van der Waals surface area contributed by atoms with E-state index in [4.69, 9.17) is 5.11 Å². The predicted molar refractivity (Wildman–Crippen MR) is 79.3 cm³/mol. The molecule has 1 saturated heterocycles. The highest BCUT2D eigenvalue weighted by Crippen LogP contribution is 2.22. The molecule has 1 aliphatic rings. The molecule has 1 fully saturated rings. The minimum absolute atomic E-state index is 0. The average Bonchev–Trinajstić information content (AvgIpc) is 2.39. The third-order valence-electron chi connectivity index (χ3n) is 3.39. The topological polar surface area (TPSA) is 60.9 Å². The fourth-order valence-electron chi connectivity index (χ4n) is 2.45. The highest BCUT2D eigenvalue weighted by Gasteiger charge is 2.32. The second-order valence-corrected chi connectivity index (χ2v) is 4.79. The zero-order valence-electron chi connectivity index (χ0n) is 11.4. The summed E-state index contributed by atoms with van der Waals surface area (Å²) in [6, 6.07) is 9.16. The molecule has 1 unspecified atom stereocenters. The van der Waals surface area contributed by atoms with Gasteiger partial charge in [0, 0.05) is 12.2 Å². The fourth-order valence-corrected chi connectivity index (χ4v) is 2.45. The number of carboxylic acid groups (broad SMARTS) is 1. The molecule has 1 atom stereocenters. The van der Waals surface area contributed by atoms with E-state index in [-0.39, 0.29) is 30.9 Å². The summed E-state index contributed by atoms with van der Waals surface area (Å²) in [6.45, 7) is 0.583. The second kappa shape index (κ2) is 7.26. The first kappa shape index (κ1) is 16.5. The number of carbonyl (C=O) groups excluding carboxylic acids is 1. The van der Waals surface area contributed by atoms with E-state index < -0.39 is 5.97 Å². The van der Waals surface area contributed by atoms with Crippen LogP contribution in [0.1, 0.15) is 12.8 Å². The van der Waals surface area contributed by atoms with Crippen LogP contribution >= 0.6 is 12.4 Å². The Balaban J connectivity index is 0.00000200. The summed E-state index contributed by atoms with van der Waals surface area (Å²) < 4.78 is 0. The van der Waals surface area contributed by atoms with Gasteiger partial charge < -0.3 is 10.0 Å². The van der Waals surface area contributed by atoms with E-state index >= 15 is 0 Å². The van der Waals surface area contributed by atoms with Gasteiger partial charge in [0.25, 0.3) is 0 Å². The molecule has 1 aliphatic heterocycles. The Bertz CT molecular complexity index is 467. The summed E-state index contributed by atoms with van der Waals surface area (Å²) in [7, 11) is 1.69. The Labute approximate surface area is 124 Å². The van der Waals surface area contributed by atoms with Crippen molar-refractivity contribution in [2.45, 2.75) is 18.9 Å². The number of piperidine rings is 1. The van der Waals surface area contributed by atoms with Crippen LogP contribution in [0.2, 0.25) is 0 Å². The maximum atomic E-state index is 12.4. The lowest BCUT2D eigenvalue weighted by molar-refractivity contribution is -0.139. The Morgan fingerprint density at radius 1 is 1.40 bits per heavy atom. The van der Waals surface area contributed by atoms with Crippen molar-refractivity contribution < 1.29 is 14.7 Å². The van der Waals surface area contributed by atoms with Crippen molar-refractivity contribution >= 4 is 30.0 Å². The zero-order chi connectivity index (χ0) is 13.8. The number of carbonyl (C=O) groups is 2. The van der Waals surface area contributed by atoms with E-state index in [1.165, 1.54) is 0 Å². The van der Waals surface area contributed by atoms with Gasteiger partial charge in [0.05, 0.1) is 12.6 Å². The van der Waals surface area contributed by atoms with Crippen LogP contribution in [0.4, 0.5) is 5.69 Å². The van der Waals surface area contributed by atoms with Gasteiger partial charge in [-0.15, -0.1) is 12.4 Å². The highest BCUT2D eigenvalue weighted by molar-refractivity contribution is 5.98. The molecular weight excluding hydrogens is 280 g/mol. The number of hydrogen-bond acceptors (Lipinski definition) is 3. The van der Waals surface area contributed by atoms with Crippen LogP contribution in [-0.4, -0.2) is 48.1 Å². The molecular formula is C14H19ClN2O3. The summed E-state index contributed by atoms with van der Waals surface area (Å²) in [5.74, 6) is -0.923. The van der Waals surface area contributed by atoms with Crippen LogP contribution in [0.5, 0.6) is 0 Å². The van der Waals surface area contributed by atoms with Gasteiger partial charge in [-0.25, -0.2) is 0 Å². The van der Waals surface area contributed by atoms with Crippen molar-refractivity contribution in [3.8, 4) is 0 Å². The van der Waals surface area contributed by atoms with Crippen molar-refractivity contribution in [3.05, 3.63) is 30.3 Å². The Morgan fingerprint density at radius 3 is 2.65 bits per heavy atom. The van der Waals surface area contributed by atoms with Gasteiger partial charge in [0.1, 0.15) is 0 Å². The number of likely N-dealkylation sites (N-methyl/N-ethyl adjacent to an activating group) is 1. The molecule has 1 N–H and O–H groups in total. The van der Waals surface area contributed by atoms with Gasteiger partial charge in [0.2, 0.25) is 5.91 Å². The third-order valence-corrected chi connectivity index (χ3v) is 3.39. The molecule has 0 bridgehead atoms. The largest absolute Gasteiger partial charge is 0.480 e. The molecule has 110 valence electrons. The van der Waals surface area contributed by atoms with E-state index in [9.17, 15) is 9.59 Å². The first-order valence-corrected chi connectivity index (χ1v) is 6.38. The zero-order valence-corrected chi connectivity index (χ0v) is 12.2. The van der Waals surface area contributed by atoms with E-state index in [1.54, 1.807) is 16.8 Å². The highest BCUT2D eigenvalue weighted by atomic mass is 35.5. The van der Waals surface area contributed by atoms with Crippen LogP contribution in [0.15, 0.2) is 30.3 Å². The number of aliphatic carboxylic acids is 1. The van der Waals surface area contributed by atoms with E-state index in [2.05, 4.69) is 0 Å². The van der Waals surface area contributed by atoms with Gasteiger partial charge >= 0.3 is 5.97 Å². The molecule has 20 heavy (non-hydrogen) atoms. The number of nitrogens with zero attached hydrogens (tertiary/aromatic N) is 2. The molecule has 1 aromatic rings. The maximum absolute atomic E-state index is 12.4. The standard InChI is InChI=1S/C14H18N2O3.ClH/c1-15(10-13(17)18)12-8-5-9-16(14(12)19)11-6-3-2-4-7-11;/h2-4,6-7,12H,5,8-10H2,1H3,(H,17,18);1H. The van der Waals surface area contributed by atoms with Crippen molar-refractivity contribution in [2.24, 2.45) is 0 Å². The van der Waals surface area contributed by atoms with Gasteiger partial charge in [-0.2, -0.15) is 0 Å². The molecule has 0 radical (unpaired) electrons. The summed E-state index contributed by atoms with van der Waals surface area (Å²) in [4.78, 5) is 26.5. The fraction of sp³-hybridized carbons (Fsp3) is 0.429. The number of para-hydroxylation sites is 1. The Hall–Kier alpha value is -1.59. The summed E-state index contributed by atoms with van der Waals surface area (Å²) in [6.07, 6.45) is 1.60. The van der Waals surface area contributed by atoms with Crippen molar-refractivity contribution in [3.63, 3.8) is 0 Å². The number of rotatable bonds is 4. The first-order chi connectivity index (χ1) is 9.09. The summed E-state index contributed by atoms with van der Waals surface area (Å²) in [5, 5.41) is 8.82. The smallest absolute Gasteiger partial charge is 0.317 e. The lowest BCUT2D eigenvalue weighted by Gasteiger charge is -2.36. The molecule has 0 aromatic heterocycles. The number of anilines is 1. The van der Waals surface area contributed by atoms with Gasteiger partial charge in [-0.3, -0.25) is 14.5 Å². The second-order valence-electron chi connectivity index (χ2n) is 4.79. The van der Waals surface area contributed by atoms with E-state index in [0.717, 1.165) is 12.1 Å². The Kier molecular flexibility index (Phi) is 5.98. The SMILES string of the molecule is CN(CC(=O)O)C1CCCN(c2ccccc2)C1=O.Cl. The van der Waals surface area contributed by atoms with Crippen LogP contribution < -0.4 is 4.90 Å². The molecule has 6 heteroatoms. The lowest BCUT2D eigenvalue weighted by Crippen LogP contribution is -2.52. The molecule has 1 heterocycles. The van der Waals surface area contributed by atoms with Crippen molar-refractivity contribution in [1.82, 2.24) is 4.90 Å². The minimum Gasteiger partial charge on any atom is -0.480 e. The monoisotopic (exact) mass is 298 g/mol. The molecule has 1 aromatic carbocycles. The quantitative estimate of drug-likeness (QED) is 0.917. The number of carboxylic acids is 1. The molecule has 1 amide bonds. The van der Waals surface area contributed by atoms with E-state index in [1.807, 2.05) is 30.3 Å². The minimum atomic E-state index is -0.910. The van der Waals surface area contributed by atoms with Crippen LogP contribution in [-0.2, 0) is 9.59 Å². The maximum Gasteiger partial charge on any atom is 0.317 e. The van der Waals surface area contributed by atoms with Crippen LogP contribution in [0, 0.1) is 0 Å². The van der Waals surface area contributed by atoms with Gasteiger partial charge in [-0.1, -0.05) is 18.2 Å². The lowest BCUT2D eigenvalue weighted by atomic mass is 10.0. The Morgan fingerprint density at radius 2 is 2.05 bits per heavy atom. The van der Waals surface area contributed by atoms with Crippen LogP contribution in [0.25, 0.3) is 0 Å². The number of amides is 1. The summed E-state index contributed by atoms with van der Waals surface area (Å²) >= 11 is 0. The van der Waals surface area contributed by atoms with Crippen molar-refractivity contribution in [1.29, 1.82) is 0 Å². The predicted octanol–water partition coefficient (Wildman–Crippen LogP) is 1.62. The average molecular weight is 299 g/mol. The first-order valence-electron chi connectivity index (χ1n) is 6.38. The number of benzene rings is 1. The molecule has 2 rings (SSSR count). The molecule has 0 aliphatic carbocycles. The van der Waals surface area contributed by atoms with Gasteiger partial charge in [0.15, 0.2) is 0 Å². The molecule has 5 nitrogen and oxygen atoms in total.